The van der Waals surface area contributed by atoms with Crippen molar-refractivity contribution < 1.29 is 0 Å². The van der Waals surface area contributed by atoms with Gasteiger partial charge >= 0.3 is 0 Å². The Kier molecular flexibility index (Phi) is 3.30. The van der Waals surface area contributed by atoms with Crippen LogP contribution in [-0.4, -0.2) is 40.3 Å². The molecule has 0 fully saturated rings. The Morgan fingerprint density at radius 2 is 1.90 bits per heavy atom. The van der Waals surface area contributed by atoms with Crippen molar-refractivity contribution in [2.45, 2.75) is 0 Å². The summed E-state index contributed by atoms with van der Waals surface area (Å²) in [6.45, 7) is 0. The predicted molar refractivity (Wildman–Crippen MR) is 110 cm³/mol. The van der Waals surface area contributed by atoms with Crippen molar-refractivity contribution in [3.8, 4) is 33.9 Å². The lowest BCUT2D eigenvalue weighted by Gasteiger charge is -2.00. The molecule has 0 aliphatic carbocycles. The first-order valence-corrected chi connectivity index (χ1v) is 9.10. The molecule has 5 aromatic heterocycles. The maximum absolute atomic E-state index is 4.69. The lowest BCUT2D eigenvalue weighted by atomic mass is 10.1. The Labute approximate surface area is 164 Å². The first-order chi connectivity index (χ1) is 14.4. The summed E-state index contributed by atoms with van der Waals surface area (Å²) >= 11 is 0. The van der Waals surface area contributed by atoms with Gasteiger partial charge in [-0.15, -0.1) is 0 Å². The van der Waals surface area contributed by atoms with Crippen LogP contribution in [0.5, 0.6) is 0 Å². The van der Waals surface area contributed by atoms with Crippen molar-refractivity contribution in [2.75, 3.05) is 0 Å². The van der Waals surface area contributed by atoms with Crippen LogP contribution in [0.25, 0.3) is 56.0 Å². The summed E-state index contributed by atoms with van der Waals surface area (Å²) < 4.78 is 0. The standard InChI is InChI=1S/C21H14N8/c1-2-7-22-16(3-1)14-6-8-23-20-18(14)26-21(27-20)19-15-9-12(13-10-24-25-11-13)4-5-17(15)28-29-19/h1-11H,(H,24,25)(H,28,29)(H,23,26,27). The number of hydrogen-bond acceptors (Lipinski definition) is 5. The van der Waals surface area contributed by atoms with Crippen LogP contribution < -0.4 is 0 Å². The van der Waals surface area contributed by atoms with Crippen LogP contribution in [0.4, 0.5) is 0 Å². The molecule has 0 spiro atoms. The first-order valence-electron chi connectivity index (χ1n) is 9.10. The maximum atomic E-state index is 4.69. The number of aromatic nitrogens is 8. The zero-order chi connectivity index (χ0) is 19.2. The molecular weight excluding hydrogens is 364 g/mol. The molecule has 6 rings (SSSR count). The Bertz CT molecular complexity index is 1440. The van der Waals surface area contributed by atoms with E-state index in [-0.39, 0.29) is 0 Å². The van der Waals surface area contributed by atoms with Crippen molar-refractivity contribution in [3.63, 3.8) is 0 Å². The van der Waals surface area contributed by atoms with E-state index in [1.54, 1.807) is 18.6 Å². The van der Waals surface area contributed by atoms with Gasteiger partial charge in [0.05, 0.1) is 22.9 Å². The number of aromatic amines is 3. The average molecular weight is 378 g/mol. The summed E-state index contributed by atoms with van der Waals surface area (Å²) in [5.74, 6) is 0.659. The minimum Gasteiger partial charge on any atom is -0.335 e. The molecule has 0 aliphatic heterocycles. The number of nitrogens with zero attached hydrogens (tertiary/aromatic N) is 5. The molecule has 0 atom stereocenters. The summed E-state index contributed by atoms with van der Waals surface area (Å²) in [5, 5.41) is 15.4. The maximum Gasteiger partial charge on any atom is 0.178 e. The summed E-state index contributed by atoms with van der Waals surface area (Å²) in [6, 6.07) is 13.9. The van der Waals surface area contributed by atoms with Crippen LogP contribution in [0.15, 0.2) is 67.3 Å². The van der Waals surface area contributed by atoms with Crippen molar-refractivity contribution in [2.24, 2.45) is 0 Å². The van der Waals surface area contributed by atoms with E-state index in [0.717, 1.165) is 44.5 Å². The van der Waals surface area contributed by atoms with Gasteiger partial charge in [-0.05, 0) is 35.9 Å². The summed E-state index contributed by atoms with van der Waals surface area (Å²) in [5.41, 5.74) is 7.03. The minimum absolute atomic E-state index is 0.630. The SMILES string of the molecule is c1ccc(-c2ccnc3nc(-c4n[nH]c5ccc(-c6cn[nH]c6)cc45)[nH]c23)nc1. The molecule has 0 amide bonds. The van der Waals surface area contributed by atoms with Gasteiger partial charge in [-0.3, -0.25) is 15.2 Å². The fourth-order valence-corrected chi connectivity index (χ4v) is 3.54. The molecule has 0 radical (unpaired) electrons. The van der Waals surface area contributed by atoms with Crippen molar-refractivity contribution in [3.05, 3.63) is 67.3 Å². The Hall–Kier alpha value is -4.33. The molecule has 138 valence electrons. The molecule has 1 aromatic carbocycles. The molecule has 0 saturated carbocycles. The molecule has 0 bridgehead atoms. The van der Waals surface area contributed by atoms with Gasteiger partial charge in [0.15, 0.2) is 11.5 Å². The Morgan fingerprint density at radius 1 is 0.897 bits per heavy atom. The number of benzene rings is 1. The van der Waals surface area contributed by atoms with Crippen LogP contribution >= 0.6 is 0 Å². The third kappa shape index (κ3) is 2.50. The van der Waals surface area contributed by atoms with E-state index in [9.17, 15) is 0 Å². The third-order valence-electron chi connectivity index (χ3n) is 4.95. The van der Waals surface area contributed by atoms with Gasteiger partial charge in [0.25, 0.3) is 0 Å². The number of nitrogens with one attached hydrogen (secondary N) is 3. The second-order valence-electron chi connectivity index (χ2n) is 6.68. The number of pyridine rings is 2. The fraction of sp³-hybridized carbons (Fsp3) is 0. The zero-order valence-corrected chi connectivity index (χ0v) is 15.1. The number of fused-ring (bicyclic) bond motifs is 2. The lowest BCUT2D eigenvalue weighted by molar-refractivity contribution is 1.09. The summed E-state index contributed by atoms with van der Waals surface area (Å²) in [4.78, 5) is 17.0. The minimum atomic E-state index is 0.630. The molecule has 6 aromatic rings. The topological polar surface area (TPSA) is 112 Å². The van der Waals surface area contributed by atoms with Gasteiger partial charge < -0.3 is 4.98 Å². The fourth-order valence-electron chi connectivity index (χ4n) is 3.54. The number of rotatable bonds is 3. The second kappa shape index (κ2) is 6.10. The van der Waals surface area contributed by atoms with Crippen LogP contribution in [0.3, 0.4) is 0 Å². The van der Waals surface area contributed by atoms with E-state index in [1.165, 1.54) is 0 Å². The third-order valence-corrected chi connectivity index (χ3v) is 4.95. The van der Waals surface area contributed by atoms with Crippen molar-refractivity contribution in [1.82, 2.24) is 40.3 Å². The molecule has 8 heteroatoms. The molecular formula is C21H14N8. The average Bonchev–Trinajstić information content (AvgIpc) is 3.52. The Balaban J connectivity index is 1.54. The van der Waals surface area contributed by atoms with E-state index in [4.69, 9.17) is 0 Å². The lowest BCUT2D eigenvalue weighted by Crippen LogP contribution is -1.85. The Morgan fingerprint density at radius 3 is 2.76 bits per heavy atom. The van der Waals surface area contributed by atoms with E-state index >= 15 is 0 Å². The predicted octanol–water partition coefficient (Wildman–Crippen LogP) is 3.95. The van der Waals surface area contributed by atoms with Gasteiger partial charge in [-0.1, -0.05) is 12.1 Å². The second-order valence-corrected chi connectivity index (χ2v) is 6.68. The van der Waals surface area contributed by atoms with Gasteiger partial charge in [-0.25, -0.2) is 9.97 Å². The van der Waals surface area contributed by atoms with Gasteiger partial charge in [0, 0.05) is 35.1 Å². The van der Waals surface area contributed by atoms with E-state index < -0.39 is 0 Å². The number of H-pyrrole nitrogens is 3. The highest BCUT2D eigenvalue weighted by atomic mass is 15.1. The quantitative estimate of drug-likeness (QED) is 0.432. The van der Waals surface area contributed by atoms with E-state index in [2.05, 4.69) is 46.4 Å². The first kappa shape index (κ1) is 15.7. The smallest absolute Gasteiger partial charge is 0.178 e. The highest BCUT2D eigenvalue weighted by Gasteiger charge is 2.16. The number of hydrogen-bond donors (Lipinski definition) is 3. The summed E-state index contributed by atoms with van der Waals surface area (Å²) in [6.07, 6.45) is 7.18. The molecule has 29 heavy (non-hydrogen) atoms. The normalized spacial score (nSPS) is 11.4. The van der Waals surface area contributed by atoms with E-state index in [1.807, 2.05) is 42.6 Å². The van der Waals surface area contributed by atoms with Crippen LogP contribution in [0, 0.1) is 0 Å². The van der Waals surface area contributed by atoms with Gasteiger partial charge in [-0.2, -0.15) is 10.2 Å². The molecule has 3 N–H and O–H groups in total. The molecule has 0 aliphatic rings. The molecule has 0 saturated heterocycles. The van der Waals surface area contributed by atoms with E-state index in [0.29, 0.717) is 11.5 Å². The largest absolute Gasteiger partial charge is 0.335 e. The molecule has 0 unspecified atom stereocenters. The van der Waals surface area contributed by atoms with Gasteiger partial charge in [0.2, 0.25) is 0 Å². The summed E-state index contributed by atoms with van der Waals surface area (Å²) in [7, 11) is 0. The number of imidazole rings is 1. The van der Waals surface area contributed by atoms with Crippen LogP contribution in [0.2, 0.25) is 0 Å². The zero-order valence-electron chi connectivity index (χ0n) is 15.1. The van der Waals surface area contributed by atoms with Gasteiger partial charge in [0.1, 0.15) is 5.69 Å². The highest BCUT2D eigenvalue weighted by Crippen LogP contribution is 2.31. The molecule has 8 nitrogen and oxygen atoms in total. The highest BCUT2D eigenvalue weighted by molar-refractivity contribution is 5.97. The molecule has 5 heterocycles. The van der Waals surface area contributed by atoms with Crippen molar-refractivity contribution >= 4 is 22.1 Å². The van der Waals surface area contributed by atoms with Crippen LogP contribution in [0.1, 0.15) is 0 Å². The van der Waals surface area contributed by atoms with Crippen molar-refractivity contribution in [1.29, 1.82) is 0 Å². The monoisotopic (exact) mass is 378 g/mol. The van der Waals surface area contributed by atoms with Crippen LogP contribution in [-0.2, 0) is 0 Å².